The van der Waals surface area contributed by atoms with Crippen LogP contribution in [-0.2, 0) is 6.54 Å². The summed E-state index contributed by atoms with van der Waals surface area (Å²) in [6.07, 6.45) is 6.22. The van der Waals surface area contributed by atoms with Gasteiger partial charge in [0.2, 0.25) is 0 Å². The molecule has 6 heteroatoms. The second kappa shape index (κ2) is 7.78. The Labute approximate surface area is 164 Å². The summed E-state index contributed by atoms with van der Waals surface area (Å²) in [5.74, 6) is 0. The summed E-state index contributed by atoms with van der Waals surface area (Å²) in [5, 5.41) is 8.22. The third kappa shape index (κ3) is 4.11. The first kappa shape index (κ1) is 18.9. The minimum atomic E-state index is 0. The first-order chi connectivity index (χ1) is 11.6. The number of aromatic nitrogens is 2. The Morgan fingerprint density at radius 1 is 1.16 bits per heavy atom. The van der Waals surface area contributed by atoms with Crippen LogP contribution in [0, 0.1) is 12.3 Å². The summed E-state index contributed by atoms with van der Waals surface area (Å²) in [5.41, 5.74) is 4.18. The number of benzene rings is 1. The predicted octanol–water partition coefficient (Wildman–Crippen LogP) is 3.94. The number of hydrogen-bond donors (Lipinski definition) is 1. The van der Waals surface area contributed by atoms with E-state index in [4.69, 9.17) is 5.10 Å². The number of rotatable bonds is 3. The highest BCUT2D eigenvalue weighted by molar-refractivity contribution is 9.10. The fourth-order valence-corrected chi connectivity index (χ4v) is 4.41. The van der Waals surface area contributed by atoms with Gasteiger partial charge in [-0.2, -0.15) is 5.10 Å². The highest BCUT2D eigenvalue weighted by atomic mass is 79.9. The molecule has 25 heavy (non-hydrogen) atoms. The number of likely N-dealkylation sites (tertiary alicyclic amines) is 1. The highest BCUT2D eigenvalue weighted by Crippen LogP contribution is 2.39. The topological polar surface area (TPSA) is 33.1 Å². The zero-order chi connectivity index (χ0) is 16.6. The van der Waals surface area contributed by atoms with Gasteiger partial charge in [-0.25, -0.2) is 4.68 Å². The van der Waals surface area contributed by atoms with Crippen LogP contribution in [0.4, 0.5) is 0 Å². The van der Waals surface area contributed by atoms with E-state index in [0.29, 0.717) is 5.41 Å². The molecule has 1 N–H and O–H groups in total. The van der Waals surface area contributed by atoms with Crippen molar-refractivity contribution in [3.05, 3.63) is 46.2 Å². The van der Waals surface area contributed by atoms with Crippen molar-refractivity contribution >= 4 is 28.3 Å². The van der Waals surface area contributed by atoms with Crippen molar-refractivity contribution in [2.45, 2.75) is 32.7 Å². The van der Waals surface area contributed by atoms with E-state index >= 15 is 0 Å². The fourth-order valence-electron chi connectivity index (χ4n) is 4.15. The van der Waals surface area contributed by atoms with Crippen molar-refractivity contribution < 1.29 is 0 Å². The molecular weight excluding hydrogens is 400 g/mol. The van der Waals surface area contributed by atoms with E-state index in [-0.39, 0.29) is 12.4 Å². The molecule has 0 saturated carbocycles. The quantitative estimate of drug-likeness (QED) is 0.808. The van der Waals surface area contributed by atoms with Gasteiger partial charge in [0.25, 0.3) is 0 Å². The first-order valence-electron chi connectivity index (χ1n) is 8.88. The van der Waals surface area contributed by atoms with Crippen LogP contribution >= 0.6 is 28.3 Å². The molecule has 2 fully saturated rings. The summed E-state index contributed by atoms with van der Waals surface area (Å²) in [6.45, 7) is 8.00. The maximum Gasteiger partial charge on any atom is 0.0646 e. The van der Waals surface area contributed by atoms with Crippen LogP contribution < -0.4 is 5.32 Å². The molecule has 2 aliphatic heterocycles. The average molecular weight is 426 g/mol. The van der Waals surface area contributed by atoms with Crippen molar-refractivity contribution in [2.75, 3.05) is 26.2 Å². The maximum atomic E-state index is 4.72. The smallest absolute Gasteiger partial charge is 0.0646 e. The SMILES string of the molecule is Cc1nn(-c2ccc(Br)cc2)cc1CN1CCC2(CCNCC2)C1.Cl. The van der Waals surface area contributed by atoms with Crippen LogP contribution in [-0.4, -0.2) is 40.9 Å². The van der Waals surface area contributed by atoms with Gasteiger partial charge in [0.05, 0.1) is 11.4 Å². The van der Waals surface area contributed by atoms with E-state index in [9.17, 15) is 0 Å². The predicted molar refractivity (Wildman–Crippen MR) is 108 cm³/mol. The van der Waals surface area contributed by atoms with Crippen LogP contribution in [0.5, 0.6) is 0 Å². The van der Waals surface area contributed by atoms with E-state index in [1.54, 1.807) is 0 Å². The molecule has 0 radical (unpaired) electrons. The molecule has 1 spiro atoms. The Balaban J connectivity index is 0.00000182. The van der Waals surface area contributed by atoms with Gasteiger partial charge >= 0.3 is 0 Å². The van der Waals surface area contributed by atoms with E-state index < -0.39 is 0 Å². The summed E-state index contributed by atoms with van der Waals surface area (Å²) in [6, 6.07) is 8.32. The molecular formula is C19H26BrClN4. The minimum Gasteiger partial charge on any atom is -0.317 e. The van der Waals surface area contributed by atoms with Crippen LogP contribution in [0.1, 0.15) is 30.5 Å². The number of nitrogens with one attached hydrogen (secondary N) is 1. The molecule has 4 nitrogen and oxygen atoms in total. The normalized spacial score (nSPS) is 19.9. The highest BCUT2D eigenvalue weighted by Gasteiger charge is 2.38. The first-order valence-corrected chi connectivity index (χ1v) is 9.67. The van der Waals surface area contributed by atoms with E-state index in [2.05, 4.69) is 63.5 Å². The lowest BCUT2D eigenvalue weighted by Crippen LogP contribution is -2.38. The lowest BCUT2D eigenvalue weighted by atomic mass is 9.78. The maximum absolute atomic E-state index is 4.72. The van der Waals surface area contributed by atoms with Gasteiger partial charge in [0, 0.05) is 29.3 Å². The Kier molecular flexibility index (Phi) is 5.88. The Bertz CT molecular complexity index is 707. The van der Waals surface area contributed by atoms with Gasteiger partial charge in [-0.1, -0.05) is 15.9 Å². The van der Waals surface area contributed by atoms with Gasteiger partial charge in [-0.15, -0.1) is 12.4 Å². The van der Waals surface area contributed by atoms with Crippen molar-refractivity contribution in [1.82, 2.24) is 20.0 Å². The van der Waals surface area contributed by atoms with Crippen molar-refractivity contribution in [3.8, 4) is 5.69 Å². The molecule has 0 unspecified atom stereocenters. The molecule has 0 aliphatic carbocycles. The number of aryl methyl sites for hydroxylation is 1. The third-order valence-corrected chi connectivity index (χ3v) is 6.20. The number of hydrogen-bond acceptors (Lipinski definition) is 3. The summed E-state index contributed by atoms with van der Waals surface area (Å²) < 4.78 is 3.10. The molecule has 4 rings (SSSR count). The molecule has 0 atom stereocenters. The standard InChI is InChI=1S/C19H25BrN4.ClH/c1-15-16(13-24(22-15)18-4-2-17(20)3-5-18)12-23-11-8-19(14-23)6-9-21-10-7-19;/h2-5,13,21H,6-12,14H2,1H3;1H. The molecule has 1 aromatic carbocycles. The van der Waals surface area contributed by atoms with E-state index in [0.717, 1.165) is 22.4 Å². The number of piperidine rings is 1. The van der Waals surface area contributed by atoms with Crippen LogP contribution in [0.15, 0.2) is 34.9 Å². The molecule has 0 bridgehead atoms. The zero-order valence-electron chi connectivity index (χ0n) is 14.7. The molecule has 0 amide bonds. The van der Waals surface area contributed by atoms with E-state index in [1.807, 2.05) is 4.68 Å². The second-order valence-corrected chi connectivity index (χ2v) is 8.29. The van der Waals surface area contributed by atoms with Crippen LogP contribution in [0.25, 0.3) is 5.69 Å². The second-order valence-electron chi connectivity index (χ2n) is 7.37. The average Bonchev–Trinajstić information content (AvgIpc) is 3.14. The zero-order valence-corrected chi connectivity index (χ0v) is 17.1. The van der Waals surface area contributed by atoms with Gasteiger partial charge < -0.3 is 5.32 Å². The molecule has 1 aromatic heterocycles. The third-order valence-electron chi connectivity index (χ3n) is 5.67. The van der Waals surface area contributed by atoms with Crippen molar-refractivity contribution in [2.24, 2.45) is 5.41 Å². The molecule has 2 aliphatic rings. The van der Waals surface area contributed by atoms with Crippen LogP contribution in [0.2, 0.25) is 0 Å². The van der Waals surface area contributed by atoms with E-state index in [1.165, 1.54) is 51.0 Å². The lowest BCUT2D eigenvalue weighted by molar-refractivity contribution is 0.194. The summed E-state index contributed by atoms with van der Waals surface area (Å²) in [4.78, 5) is 2.63. The monoisotopic (exact) mass is 424 g/mol. The Hall–Kier alpha value is -0.880. The fraction of sp³-hybridized carbons (Fsp3) is 0.526. The van der Waals surface area contributed by atoms with Crippen LogP contribution in [0.3, 0.4) is 0 Å². The number of nitrogens with zero attached hydrogens (tertiary/aromatic N) is 3. The molecule has 2 saturated heterocycles. The van der Waals surface area contributed by atoms with Crippen molar-refractivity contribution in [1.29, 1.82) is 0 Å². The molecule has 136 valence electrons. The lowest BCUT2D eigenvalue weighted by Gasteiger charge is -2.33. The minimum absolute atomic E-state index is 0. The van der Waals surface area contributed by atoms with Gasteiger partial charge in [0.1, 0.15) is 0 Å². The summed E-state index contributed by atoms with van der Waals surface area (Å²) >= 11 is 3.49. The molecule has 2 aromatic rings. The summed E-state index contributed by atoms with van der Waals surface area (Å²) in [7, 11) is 0. The number of halogens is 2. The Morgan fingerprint density at radius 2 is 1.88 bits per heavy atom. The van der Waals surface area contributed by atoms with Gasteiger partial charge in [-0.3, -0.25) is 4.90 Å². The van der Waals surface area contributed by atoms with Crippen molar-refractivity contribution in [3.63, 3.8) is 0 Å². The largest absolute Gasteiger partial charge is 0.317 e. The molecule has 3 heterocycles. The van der Waals surface area contributed by atoms with Gasteiger partial charge in [-0.05, 0) is 75.5 Å². The van der Waals surface area contributed by atoms with Gasteiger partial charge in [0.15, 0.2) is 0 Å². The Morgan fingerprint density at radius 3 is 2.60 bits per heavy atom.